The van der Waals surface area contributed by atoms with Crippen LogP contribution in [0.25, 0.3) is 22.3 Å². The van der Waals surface area contributed by atoms with Crippen molar-refractivity contribution in [2.75, 3.05) is 7.11 Å². The molecule has 0 aliphatic rings. The van der Waals surface area contributed by atoms with E-state index in [0.29, 0.717) is 0 Å². The standard InChI is InChI=1S/C23H18ClNO2.BF4/c1-15-13-17(24)9-12-20(15)25-21-14-23(16-7-10-18(26-2)11-8-16)27-22-6-4-3-5-19(21)22;2-1(3,4)5/h3-14H,1-2H3;/q;-1/p+1. The van der Waals surface area contributed by atoms with Crippen LogP contribution in [-0.2, 0) is 0 Å². The van der Waals surface area contributed by atoms with Crippen LogP contribution < -0.4 is 15.1 Å². The molecule has 0 aliphatic carbocycles. The molecule has 1 aromatic heterocycles. The maximum absolute atomic E-state index is 9.75. The molecule has 0 saturated heterocycles. The van der Waals surface area contributed by atoms with Crippen LogP contribution in [0.3, 0.4) is 0 Å². The van der Waals surface area contributed by atoms with Crippen LogP contribution in [-0.4, -0.2) is 14.4 Å². The maximum Gasteiger partial charge on any atom is 0.673 e. The van der Waals surface area contributed by atoms with E-state index in [-0.39, 0.29) is 0 Å². The van der Waals surface area contributed by atoms with Crippen molar-refractivity contribution >= 4 is 35.5 Å². The minimum absolute atomic E-state index is 0.727. The van der Waals surface area contributed by atoms with Crippen LogP contribution in [0, 0.1) is 6.92 Å². The van der Waals surface area contributed by atoms with E-state index >= 15 is 0 Å². The topological polar surface area (TPSA) is 36.3 Å². The first-order valence-electron chi connectivity index (χ1n) is 9.55. The van der Waals surface area contributed by atoms with Crippen molar-refractivity contribution in [3.63, 3.8) is 0 Å². The van der Waals surface area contributed by atoms with Crippen LogP contribution in [0.15, 0.2) is 77.2 Å². The summed E-state index contributed by atoms with van der Waals surface area (Å²) >= 11 is 6.09. The highest BCUT2D eigenvalue weighted by molar-refractivity contribution is 6.50. The number of hydrogen-bond acceptors (Lipinski definition) is 2. The molecule has 0 aliphatic heterocycles. The lowest BCUT2D eigenvalue weighted by molar-refractivity contribution is -0.401. The van der Waals surface area contributed by atoms with Gasteiger partial charge >= 0.3 is 7.25 Å². The second-order valence-corrected chi connectivity index (χ2v) is 7.26. The van der Waals surface area contributed by atoms with Crippen molar-refractivity contribution in [2.45, 2.75) is 6.92 Å². The van der Waals surface area contributed by atoms with Gasteiger partial charge in [-0.25, -0.2) is 4.99 Å². The molecule has 0 atom stereocenters. The molecule has 0 spiro atoms. The van der Waals surface area contributed by atoms with Gasteiger partial charge in [0, 0.05) is 22.2 Å². The Hall–Kier alpha value is -3.26. The van der Waals surface area contributed by atoms with Crippen LogP contribution >= 0.6 is 11.6 Å². The first-order valence-corrected chi connectivity index (χ1v) is 9.92. The number of benzene rings is 3. The monoisotopic (exact) mass is 463 g/mol. The molecule has 0 unspecified atom stereocenters. The van der Waals surface area contributed by atoms with E-state index in [1.807, 2.05) is 79.7 Å². The van der Waals surface area contributed by atoms with Gasteiger partial charge in [-0.05, 0) is 55.5 Å². The van der Waals surface area contributed by atoms with Crippen LogP contribution in [0.4, 0.5) is 23.0 Å². The minimum atomic E-state index is -6.00. The molecule has 0 saturated carbocycles. The summed E-state index contributed by atoms with van der Waals surface area (Å²) in [6, 6.07) is 23.7. The lowest BCUT2D eigenvalue weighted by Gasteiger charge is -2.04. The van der Waals surface area contributed by atoms with Gasteiger partial charge < -0.3 is 26.4 Å². The summed E-state index contributed by atoms with van der Waals surface area (Å²) in [5, 5.41) is 2.72. The van der Waals surface area contributed by atoms with Crippen molar-refractivity contribution in [1.82, 2.24) is 0 Å². The second kappa shape index (κ2) is 9.91. The third kappa shape index (κ3) is 6.37. The molecule has 3 aromatic carbocycles. The largest absolute Gasteiger partial charge is 0.673 e. The van der Waals surface area contributed by atoms with Crippen molar-refractivity contribution in [3.05, 3.63) is 88.7 Å². The Balaban J connectivity index is 0.000000523. The molecule has 0 radical (unpaired) electrons. The normalized spacial score (nSPS) is 11.8. The first kappa shape index (κ1) is 23.4. The summed E-state index contributed by atoms with van der Waals surface area (Å²) in [7, 11) is -4.34. The van der Waals surface area contributed by atoms with Crippen molar-refractivity contribution in [3.8, 4) is 17.1 Å². The van der Waals surface area contributed by atoms with E-state index in [1.165, 1.54) is 0 Å². The fraction of sp³-hybridized carbons (Fsp3) is 0.0870. The Kier molecular flexibility index (Phi) is 7.25. The van der Waals surface area contributed by atoms with Gasteiger partial charge in [0.05, 0.1) is 18.6 Å². The van der Waals surface area contributed by atoms with Gasteiger partial charge in [-0.2, -0.15) is 0 Å². The van der Waals surface area contributed by atoms with Gasteiger partial charge in [-0.3, -0.25) is 0 Å². The summed E-state index contributed by atoms with van der Waals surface area (Å²) in [5.41, 5.74) is 3.90. The van der Waals surface area contributed by atoms with Gasteiger partial charge in [-0.15, -0.1) is 0 Å². The van der Waals surface area contributed by atoms with Crippen LogP contribution in [0.2, 0.25) is 5.02 Å². The molecule has 3 nitrogen and oxygen atoms in total. The zero-order valence-corrected chi connectivity index (χ0v) is 18.0. The van der Waals surface area contributed by atoms with Gasteiger partial charge in [0.2, 0.25) is 11.0 Å². The summed E-state index contributed by atoms with van der Waals surface area (Å²) in [6.07, 6.45) is 0. The zero-order chi connectivity index (χ0) is 23.3. The Labute approximate surface area is 187 Å². The number of aryl methyl sites for hydroxylation is 1. The van der Waals surface area contributed by atoms with Crippen LogP contribution in [0.5, 0.6) is 5.75 Å². The average molecular weight is 464 g/mol. The molecule has 4 aromatic rings. The third-order valence-corrected chi connectivity index (χ3v) is 4.74. The molecule has 32 heavy (non-hydrogen) atoms. The second-order valence-electron chi connectivity index (χ2n) is 6.83. The van der Waals surface area contributed by atoms with E-state index in [2.05, 4.69) is 4.99 Å². The van der Waals surface area contributed by atoms with Crippen molar-refractivity contribution in [2.24, 2.45) is 0 Å². The predicted octanol–water partition coefficient (Wildman–Crippen LogP) is 5.68. The predicted molar refractivity (Wildman–Crippen MR) is 118 cm³/mol. The molecule has 0 amide bonds. The smallest absolute Gasteiger partial charge is 0.497 e. The van der Waals surface area contributed by atoms with Gasteiger partial charge in [-0.1, -0.05) is 23.7 Å². The summed E-state index contributed by atoms with van der Waals surface area (Å²) < 4.78 is 50.4. The van der Waals surface area contributed by atoms with E-state index in [0.717, 1.165) is 49.7 Å². The van der Waals surface area contributed by atoms with E-state index in [1.54, 1.807) is 7.11 Å². The van der Waals surface area contributed by atoms with E-state index < -0.39 is 7.25 Å². The fourth-order valence-electron chi connectivity index (χ4n) is 3.05. The molecular formula is C23H19BClF4NO2. The first-order chi connectivity index (χ1) is 15.1. The van der Waals surface area contributed by atoms with E-state index in [4.69, 9.17) is 20.8 Å². The number of methoxy groups -OCH3 is 1. The number of rotatable bonds is 3. The molecule has 9 heteroatoms. The highest BCUT2D eigenvalue weighted by atomic mass is 35.5. The molecule has 1 heterocycles. The molecule has 0 fully saturated rings. The highest BCUT2D eigenvalue weighted by Gasteiger charge is 2.20. The molecule has 0 bridgehead atoms. The van der Waals surface area contributed by atoms with Crippen molar-refractivity contribution in [1.29, 1.82) is 0 Å². The highest BCUT2D eigenvalue weighted by Crippen LogP contribution is 2.24. The minimum Gasteiger partial charge on any atom is -0.497 e. The zero-order valence-electron chi connectivity index (χ0n) is 17.2. The molecule has 166 valence electrons. The Morgan fingerprint density at radius 3 is 2.19 bits per heavy atom. The number of hydrogen-bond donors (Lipinski definition) is 1. The number of halogens is 5. The summed E-state index contributed by atoms with van der Waals surface area (Å²) in [5.74, 6) is 1.60. The number of para-hydroxylation sites is 1. The Morgan fingerprint density at radius 2 is 1.56 bits per heavy atom. The number of ether oxygens (including phenoxy) is 1. The molecule has 1 N–H and O–H groups in total. The van der Waals surface area contributed by atoms with Gasteiger partial charge in [0.25, 0.3) is 0 Å². The SMILES string of the molecule is COc1ccc(-c2cc(=[NH+]c3ccc(Cl)cc3C)c3ccccc3o2)cc1.F[B-](F)(F)F. The lowest BCUT2D eigenvalue weighted by atomic mass is 10.1. The van der Waals surface area contributed by atoms with Gasteiger partial charge in [0.15, 0.2) is 0 Å². The summed E-state index contributed by atoms with van der Waals surface area (Å²) in [4.78, 5) is 3.53. The molecule has 4 rings (SSSR count). The Morgan fingerprint density at radius 1 is 0.906 bits per heavy atom. The maximum atomic E-state index is 9.75. The van der Waals surface area contributed by atoms with E-state index in [9.17, 15) is 17.3 Å². The number of nitrogens with one attached hydrogen (secondary N) is 1. The Bertz CT molecular complexity index is 1280. The fourth-order valence-corrected chi connectivity index (χ4v) is 3.27. The average Bonchev–Trinajstić information content (AvgIpc) is 2.74. The quantitative estimate of drug-likeness (QED) is 0.313. The molecular weight excluding hydrogens is 445 g/mol. The lowest BCUT2D eigenvalue weighted by Crippen LogP contribution is -2.70. The van der Waals surface area contributed by atoms with Gasteiger partial charge in [0.1, 0.15) is 17.1 Å². The van der Waals surface area contributed by atoms with Crippen LogP contribution in [0.1, 0.15) is 5.56 Å². The summed E-state index contributed by atoms with van der Waals surface area (Å²) in [6.45, 7) is 2.04. The third-order valence-electron chi connectivity index (χ3n) is 4.50. The van der Waals surface area contributed by atoms with Crippen molar-refractivity contribution < 1.29 is 31.4 Å². The number of fused-ring (bicyclic) bond motifs is 1.